The average Bonchev–Trinajstić information content (AvgIpc) is 2.74. The molecule has 0 saturated heterocycles. The van der Waals surface area contributed by atoms with Gasteiger partial charge in [-0.2, -0.15) is 0 Å². The van der Waals surface area contributed by atoms with Crippen LogP contribution in [0.1, 0.15) is 27.6 Å². The molecule has 0 aliphatic rings. The molecule has 18 heavy (non-hydrogen) atoms. The molecule has 1 unspecified atom stereocenters. The van der Waals surface area contributed by atoms with Crippen LogP contribution in [-0.4, -0.2) is 7.11 Å². The van der Waals surface area contributed by atoms with Gasteiger partial charge in [0.25, 0.3) is 0 Å². The van der Waals surface area contributed by atoms with E-state index >= 15 is 0 Å². The Labute approximate surface area is 125 Å². The third-order valence-corrected chi connectivity index (χ3v) is 4.89. The normalized spacial score (nSPS) is 12.5. The van der Waals surface area contributed by atoms with E-state index < -0.39 is 0 Å². The Bertz CT molecular complexity index is 542. The molecule has 0 fully saturated rings. The van der Waals surface area contributed by atoms with Gasteiger partial charge in [-0.25, -0.2) is 0 Å². The van der Waals surface area contributed by atoms with E-state index in [1.807, 2.05) is 13.8 Å². The summed E-state index contributed by atoms with van der Waals surface area (Å²) >= 11 is 11.6. The van der Waals surface area contributed by atoms with E-state index in [1.165, 1.54) is 0 Å². The van der Waals surface area contributed by atoms with Crippen molar-refractivity contribution in [3.8, 4) is 5.75 Å². The Hall–Kier alpha value is -0.510. The standard InChI is InChI=1S/C14H14BrClOS/c1-8-4-10(5-9(2)14(8)17-3)13(16)11-6-12(15)18-7-11/h4-7,13H,1-3H3. The highest BCUT2D eigenvalue weighted by atomic mass is 79.9. The highest BCUT2D eigenvalue weighted by Gasteiger charge is 2.15. The Morgan fingerprint density at radius 2 is 1.78 bits per heavy atom. The number of aryl methyl sites for hydroxylation is 2. The van der Waals surface area contributed by atoms with Crippen molar-refractivity contribution in [1.82, 2.24) is 0 Å². The summed E-state index contributed by atoms with van der Waals surface area (Å²) in [6, 6.07) is 6.25. The zero-order chi connectivity index (χ0) is 13.3. The summed E-state index contributed by atoms with van der Waals surface area (Å²) in [5.74, 6) is 0.939. The molecule has 1 aromatic heterocycles. The van der Waals surface area contributed by atoms with Gasteiger partial charge in [0.05, 0.1) is 16.3 Å². The SMILES string of the molecule is COc1c(C)cc(C(Cl)c2csc(Br)c2)cc1C. The van der Waals surface area contributed by atoms with E-state index in [4.69, 9.17) is 16.3 Å². The molecule has 0 bridgehead atoms. The van der Waals surface area contributed by atoms with E-state index in [0.29, 0.717) is 0 Å². The number of rotatable bonds is 3. The predicted octanol–water partition coefficient (Wildman–Crippen LogP) is 5.46. The molecular formula is C14H14BrClOS. The van der Waals surface area contributed by atoms with E-state index in [2.05, 4.69) is 39.5 Å². The predicted molar refractivity (Wildman–Crippen MR) is 82.2 cm³/mol. The van der Waals surface area contributed by atoms with Gasteiger partial charge in [0.15, 0.2) is 0 Å². The second-order valence-electron chi connectivity index (χ2n) is 4.23. The van der Waals surface area contributed by atoms with Crippen molar-refractivity contribution in [2.75, 3.05) is 7.11 Å². The second kappa shape index (κ2) is 5.64. The molecule has 96 valence electrons. The quantitative estimate of drug-likeness (QED) is 0.671. The number of benzene rings is 1. The zero-order valence-corrected chi connectivity index (χ0v) is 13.6. The number of hydrogen-bond donors (Lipinski definition) is 0. The van der Waals surface area contributed by atoms with Crippen LogP contribution < -0.4 is 4.74 Å². The lowest BCUT2D eigenvalue weighted by Gasteiger charge is -2.14. The van der Waals surface area contributed by atoms with Gasteiger partial charge in [-0.15, -0.1) is 22.9 Å². The van der Waals surface area contributed by atoms with Gasteiger partial charge in [0, 0.05) is 0 Å². The fourth-order valence-electron chi connectivity index (χ4n) is 2.10. The molecule has 0 saturated carbocycles. The molecule has 1 nitrogen and oxygen atoms in total. The number of hydrogen-bond acceptors (Lipinski definition) is 2. The summed E-state index contributed by atoms with van der Waals surface area (Å²) in [5, 5.41) is 1.97. The average molecular weight is 346 g/mol. The van der Waals surface area contributed by atoms with Crippen LogP contribution in [0.5, 0.6) is 5.75 Å². The van der Waals surface area contributed by atoms with Crippen LogP contribution in [0.25, 0.3) is 0 Å². The highest BCUT2D eigenvalue weighted by molar-refractivity contribution is 9.11. The number of ether oxygens (including phenoxy) is 1. The van der Waals surface area contributed by atoms with Crippen LogP contribution in [0.15, 0.2) is 27.4 Å². The Balaban J connectivity index is 2.40. The van der Waals surface area contributed by atoms with Crippen LogP contribution in [0.2, 0.25) is 0 Å². The minimum Gasteiger partial charge on any atom is -0.496 e. The van der Waals surface area contributed by atoms with Crippen molar-refractivity contribution in [1.29, 1.82) is 0 Å². The lowest BCUT2D eigenvalue weighted by Crippen LogP contribution is -1.97. The number of methoxy groups -OCH3 is 1. The van der Waals surface area contributed by atoms with Crippen LogP contribution in [0.4, 0.5) is 0 Å². The summed E-state index contributed by atoms with van der Waals surface area (Å²) in [4.78, 5) is 0. The molecule has 0 N–H and O–H groups in total. The smallest absolute Gasteiger partial charge is 0.124 e. The van der Waals surface area contributed by atoms with Gasteiger partial charge < -0.3 is 4.74 Å². The van der Waals surface area contributed by atoms with Crippen molar-refractivity contribution in [3.05, 3.63) is 49.6 Å². The van der Waals surface area contributed by atoms with Crippen molar-refractivity contribution < 1.29 is 4.74 Å². The van der Waals surface area contributed by atoms with Gasteiger partial charge in [-0.1, -0.05) is 12.1 Å². The molecule has 4 heteroatoms. The first kappa shape index (κ1) is 13.9. The first-order chi connectivity index (χ1) is 8.52. The Kier molecular flexibility index (Phi) is 4.36. The van der Waals surface area contributed by atoms with Gasteiger partial charge in [0.2, 0.25) is 0 Å². The molecule has 2 rings (SSSR count). The summed E-state index contributed by atoms with van der Waals surface area (Å²) in [7, 11) is 1.70. The lowest BCUT2D eigenvalue weighted by molar-refractivity contribution is 0.408. The van der Waals surface area contributed by atoms with Crippen molar-refractivity contribution in [2.24, 2.45) is 0 Å². The maximum Gasteiger partial charge on any atom is 0.124 e. The molecule has 1 atom stereocenters. The van der Waals surface area contributed by atoms with Gasteiger partial charge in [-0.3, -0.25) is 0 Å². The maximum absolute atomic E-state index is 6.53. The largest absolute Gasteiger partial charge is 0.496 e. The molecule has 2 aromatic rings. The first-order valence-corrected chi connectivity index (χ1v) is 7.67. The second-order valence-corrected chi connectivity index (χ2v) is 6.96. The zero-order valence-electron chi connectivity index (χ0n) is 10.5. The molecule has 1 aromatic carbocycles. The molecule has 0 spiro atoms. The van der Waals surface area contributed by atoms with E-state index in [0.717, 1.165) is 31.8 Å². The topological polar surface area (TPSA) is 9.23 Å². The Morgan fingerprint density at radius 3 is 2.22 bits per heavy atom. The van der Waals surface area contributed by atoms with E-state index in [9.17, 15) is 0 Å². The first-order valence-electron chi connectivity index (χ1n) is 5.56. The third kappa shape index (κ3) is 2.73. The van der Waals surface area contributed by atoms with Gasteiger partial charge in [-0.05, 0) is 63.5 Å². The minimum absolute atomic E-state index is 0.115. The minimum atomic E-state index is -0.115. The van der Waals surface area contributed by atoms with Gasteiger partial charge >= 0.3 is 0 Å². The summed E-state index contributed by atoms with van der Waals surface area (Å²) < 4.78 is 6.47. The maximum atomic E-state index is 6.53. The summed E-state index contributed by atoms with van der Waals surface area (Å²) in [5.41, 5.74) is 4.47. The highest BCUT2D eigenvalue weighted by Crippen LogP contribution is 2.36. The number of thiophene rings is 1. The summed E-state index contributed by atoms with van der Waals surface area (Å²) in [6.07, 6.45) is 0. The number of halogens is 2. The molecule has 1 heterocycles. The summed E-state index contributed by atoms with van der Waals surface area (Å²) in [6.45, 7) is 4.09. The van der Waals surface area contributed by atoms with Crippen LogP contribution in [-0.2, 0) is 0 Å². The number of alkyl halides is 1. The molecular weight excluding hydrogens is 332 g/mol. The Morgan fingerprint density at radius 1 is 1.17 bits per heavy atom. The fraction of sp³-hybridized carbons (Fsp3) is 0.286. The van der Waals surface area contributed by atoms with Crippen LogP contribution >= 0.6 is 38.9 Å². The molecule has 0 aliphatic carbocycles. The van der Waals surface area contributed by atoms with Crippen LogP contribution in [0.3, 0.4) is 0 Å². The lowest BCUT2D eigenvalue weighted by atomic mass is 10.0. The van der Waals surface area contributed by atoms with E-state index in [-0.39, 0.29) is 5.38 Å². The third-order valence-electron chi connectivity index (χ3n) is 2.86. The molecule has 0 radical (unpaired) electrons. The van der Waals surface area contributed by atoms with Crippen LogP contribution in [0, 0.1) is 13.8 Å². The van der Waals surface area contributed by atoms with E-state index in [1.54, 1.807) is 18.4 Å². The fourth-order valence-corrected chi connectivity index (χ4v) is 3.63. The molecule has 0 aliphatic heterocycles. The van der Waals surface area contributed by atoms with Crippen molar-refractivity contribution in [2.45, 2.75) is 19.2 Å². The van der Waals surface area contributed by atoms with Crippen molar-refractivity contribution in [3.63, 3.8) is 0 Å². The van der Waals surface area contributed by atoms with Gasteiger partial charge in [0.1, 0.15) is 5.75 Å². The monoisotopic (exact) mass is 344 g/mol. The van der Waals surface area contributed by atoms with Crippen molar-refractivity contribution >= 4 is 38.9 Å². The molecule has 0 amide bonds.